The van der Waals surface area contributed by atoms with Crippen LogP contribution in [0.15, 0.2) is 4.52 Å². The summed E-state index contributed by atoms with van der Waals surface area (Å²) in [6.07, 6.45) is 2.21. The average molecular weight is 239 g/mol. The van der Waals surface area contributed by atoms with Gasteiger partial charge in [-0.05, 0) is 25.3 Å². The van der Waals surface area contributed by atoms with Gasteiger partial charge in [0.2, 0.25) is 11.7 Å². The van der Waals surface area contributed by atoms with Crippen LogP contribution in [0, 0.1) is 5.92 Å². The fraction of sp³-hybridized carbons (Fsp3) is 0.833. The molecular weight excluding hydrogens is 218 g/mol. The number of methoxy groups -OCH3 is 1. The molecule has 1 aliphatic rings. The molecule has 0 bridgehead atoms. The van der Waals surface area contributed by atoms with Crippen molar-refractivity contribution in [1.29, 1.82) is 0 Å². The van der Waals surface area contributed by atoms with E-state index in [0.29, 0.717) is 17.7 Å². The fourth-order valence-electron chi connectivity index (χ4n) is 2.27. The molecule has 1 aromatic rings. The Hall–Kier alpha value is -0.940. The average Bonchev–Trinajstić information content (AvgIpc) is 2.80. The lowest BCUT2D eigenvalue weighted by atomic mass is 10.00. The predicted octanol–water partition coefficient (Wildman–Crippen LogP) is 1.88. The van der Waals surface area contributed by atoms with Gasteiger partial charge in [0.25, 0.3) is 0 Å². The van der Waals surface area contributed by atoms with Crippen molar-refractivity contribution < 1.29 is 9.26 Å². The van der Waals surface area contributed by atoms with Crippen LogP contribution in [-0.4, -0.2) is 30.3 Å². The first-order valence-corrected chi connectivity index (χ1v) is 6.29. The molecule has 2 atom stereocenters. The number of hydrogen-bond acceptors (Lipinski definition) is 5. The summed E-state index contributed by atoms with van der Waals surface area (Å²) in [5.41, 5.74) is 0. The van der Waals surface area contributed by atoms with Crippen molar-refractivity contribution in [2.45, 2.75) is 38.7 Å². The Labute approximate surface area is 102 Å². The number of nitrogens with zero attached hydrogens (tertiary/aromatic N) is 2. The molecule has 1 saturated heterocycles. The van der Waals surface area contributed by atoms with Gasteiger partial charge >= 0.3 is 0 Å². The van der Waals surface area contributed by atoms with Gasteiger partial charge in [0.1, 0.15) is 6.10 Å². The summed E-state index contributed by atoms with van der Waals surface area (Å²) in [5, 5.41) is 7.39. The van der Waals surface area contributed by atoms with E-state index in [1.54, 1.807) is 7.11 Å². The van der Waals surface area contributed by atoms with Crippen LogP contribution in [0.4, 0.5) is 0 Å². The molecule has 1 aliphatic heterocycles. The Morgan fingerprint density at radius 3 is 2.88 bits per heavy atom. The number of nitrogens with one attached hydrogen (secondary N) is 1. The van der Waals surface area contributed by atoms with Crippen molar-refractivity contribution >= 4 is 0 Å². The first kappa shape index (κ1) is 12.5. The van der Waals surface area contributed by atoms with Crippen LogP contribution >= 0.6 is 0 Å². The number of piperidine rings is 1. The lowest BCUT2D eigenvalue weighted by Gasteiger charge is -2.19. The molecule has 2 rings (SSSR count). The van der Waals surface area contributed by atoms with Crippen molar-refractivity contribution in [3.63, 3.8) is 0 Å². The summed E-state index contributed by atoms with van der Waals surface area (Å²) in [5.74, 6) is 2.11. The molecule has 1 unspecified atom stereocenters. The van der Waals surface area contributed by atoms with Crippen LogP contribution in [0.2, 0.25) is 0 Å². The predicted molar refractivity (Wildman–Crippen MR) is 63.7 cm³/mol. The van der Waals surface area contributed by atoms with Crippen LogP contribution in [0.25, 0.3) is 0 Å². The smallest absolute Gasteiger partial charge is 0.231 e. The Bertz CT molecular complexity index is 345. The van der Waals surface area contributed by atoms with E-state index in [4.69, 9.17) is 9.26 Å². The van der Waals surface area contributed by atoms with Crippen LogP contribution in [0.5, 0.6) is 0 Å². The van der Waals surface area contributed by atoms with Gasteiger partial charge in [-0.3, -0.25) is 0 Å². The van der Waals surface area contributed by atoms with E-state index >= 15 is 0 Å². The first-order chi connectivity index (χ1) is 8.22. The summed E-state index contributed by atoms with van der Waals surface area (Å²) in [6, 6.07) is 0. The highest BCUT2D eigenvalue weighted by Gasteiger charge is 2.25. The maximum absolute atomic E-state index is 5.40. The zero-order valence-electron chi connectivity index (χ0n) is 10.8. The first-order valence-electron chi connectivity index (χ1n) is 6.29. The molecule has 0 radical (unpaired) electrons. The van der Waals surface area contributed by atoms with E-state index in [1.807, 2.05) is 0 Å². The summed E-state index contributed by atoms with van der Waals surface area (Å²) < 4.78 is 10.8. The lowest BCUT2D eigenvalue weighted by Crippen LogP contribution is -2.28. The second-order valence-corrected chi connectivity index (χ2v) is 4.93. The molecule has 0 amide bonds. The minimum Gasteiger partial charge on any atom is -0.373 e. The molecule has 1 aromatic heterocycles. The van der Waals surface area contributed by atoms with Crippen molar-refractivity contribution in [3.8, 4) is 0 Å². The van der Waals surface area contributed by atoms with E-state index < -0.39 is 0 Å². The number of rotatable bonds is 4. The molecule has 1 N–H and O–H groups in total. The molecule has 96 valence electrons. The summed E-state index contributed by atoms with van der Waals surface area (Å²) in [4.78, 5) is 4.48. The third kappa shape index (κ3) is 2.84. The fourth-order valence-corrected chi connectivity index (χ4v) is 2.27. The molecule has 0 aliphatic carbocycles. The monoisotopic (exact) mass is 239 g/mol. The molecule has 0 spiro atoms. The molecule has 1 fully saturated rings. The highest BCUT2D eigenvalue weighted by atomic mass is 16.5. The molecule has 17 heavy (non-hydrogen) atoms. The Morgan fingerprint density at radius 1 is 1.47 bits per heavy atom. The van der Waals surface area contributed by atoms with Crippen LogP contribution in [-0.2, 0) is 4.74 Å². The van der Waals surface area contributed by atoms with Crippen LogP contribution in [0.1, 0.15) is 50.4 Å². The third-order valence-electron chi connectivity index (χ3n) is 3.22. The maximum atomic E-state index is 5.40. The van der Waals surface area contributed by atoms with Crippen molar-refractivity contribution in [2.24, 2.45) is 5.92 Å². The Balaban J connectivity index is 2.08. The lowest BCUT2D eigenvalue weighted by molar-refractivity contribution is 0.0555. The van der Waals surface area contributed by atoms with Crippen LogP contribution in [0.3, 0.4) is 0 Å². The maximum Gasteiger partial charge on any atom is 0.231 e. The molecular formula is C12H21N3O2. The van der Waals surface area contributed by atoms with Gasteiger partial charge in [-0.2, -0.15) is 4.98 Å². The van der Waals surface area contributed by atoms with Gasteiger partial charge in [-0.15, -0.1) is 0 Å². The van der Waals surface area contributed by atoms with Crippen molar-refractivity contribution in [1.82, 2.24) is 15.5 Å². The second-order valence-electron chi connectivity index (χ2n) is 4.93. The highest BCUT2D eigenvalue weighted by molar-refractivity contribution is 4.99. The largest absolute Gasteiger partial charge is 0.373 e. The highest BCUT2D eigenvalue weighted by Crippen LogP contribution is 2.26. The van der Waals surface area contributed by atoms with Gasteiger partial charge in [-0.25, -0.2) is 0 Å². The minimum atomic E-state index is -0.0796. The minimum absolute atomic E-state index is 0.0796. The number of aromatic nitrogens is 2. The van der Waals surface area contributed by atoms with E-state index in [1.165, 1.54) is 6.42 Å². The van der Waals surface area contributed by atoms with E-state index in [0.717, 1.165) is 25.4 Å². The van der Waals surface area contributed by atoms with Crippen molar-refractivity contribution in [3.05, 3.63) is 11.7 Å². The molecule has 5 nitrogen and oxygen atoms in total. The van der Waals surface area contributed by atoms with Crippen LogP contribution < -0.4 is 5.32 Å². The topological polar surface area (TPSA) is 60.2 Å². The normalized spacial score (nSPS) is 22.9. The van der Waals surface area contributed by atoms with Gasteiger partial charge < -0.3 is 14.6 Å². The van der Waals surface area contributed by atoms with E-state index in [-0.39, 0.29) is 6.10 Å². The van der Waals surface area contributed by atoms with E-state index in [2.05, 4.69) is 29.3 Å². The molecule has 2 heterocycles. The summed E-state index contributed by atoms with van der Waals surface area (Å²) in [6.45, 7) is 6.20. The number of hydrogen-bond donors (Lipinski definition) is 1. The Morgan fingerprint density at radius 2 is 2.29 bits per heavy atom. The molecule has 5 heteroatoms. The zero-order valence-corrected chi connectivity index (χ0v) is 10.8. The SMILES string of the molecule is COC(c1noc([C@H]2CCCNC2)n1)C(C)C. The summed E-state index contributed by atoms with van der Waals surface area (Å²) in [7, 11) is 1.68. The zero-order chi connectivity index (χ0) is 12.3. The Kier molecular flexibility index (Phi) is 4.12. The van der Waals surface area contributed by atoms with E-state index in [9.17, 15) is 0 Å². The molecule has 0 aromatic carbocycles. The van der Waals surface area contributed by atoms with Gasteiger partial charge in [0.15, 0.2) is 0 Å². The summed E-state index contributed by atoms with van der Waals surface area (Å²) >= 11 is 0. The molecule has 0 saturated carbocycles. The van der Waals surface area contributed by atoms with Gasteiger partial charge in [0, 0.05) is 13.7 Å². The van der Waals surface area contributed by atoms with Gasteiger partial charge in [-0.1, -0.05) is 19.0 Å². The number of ether oxygens (including phenoxy) is 1. The van der Waals surface area contributed by atoms with Crippen molar-refractivity contribution in [2.75, 3.05) is 20.2 Å². The third-order valence-corrected chi connectivity index (χ3v) is 3.22. The standard InChI is InChI=1S/C12H21N3O2/c1-8(2)10(16-3)11-14-12(17-15-11)9-5-4-6-13-7-9/h8-10,13H,4-7H2,1-3H3/t9-,10?/m0/s1. The quantitative estimate of drug-likeness (QED) is 0.869. The van der Waals surface area contributed by atoms with Gasteiger partial charge in [0.05, 0.1) is 5.92 Å². The second kappa shape index (κ2) is 5.60.